The summed E-state index contributed by atoms with van der Waals surface area (Å²) in [5, 5.41) is -0.0983. The highest BCUT2D eigenvalue weighted by atomic mass is 32.2. The molecule has 1 amide bonds. The van der Waals surface area contributed by atoms with E-state index in [4.69, 9.17) is 4.42 Å². The molecule has 0 unspecified atom stereocenters. The van der Waals surface area contributed by atoms with Gasteiger partial charge in [0.15, 0.2) is 5.76 Å². The third-order valence-corrected chi connectivity index (χ3v) is 6.73. The maximum absolute atomic E-state index is 13.4. The van der Waals surface area contributed by atoms with E-state index in [2.05, 4.69) is 4.98 Å². The molecule has 2 aromatic carbocycles. The van der Waals surface area contributed by atoms with Gasteiger partial charge >= 0.3 is 0 Å². The molecule has 0 atom stereocenters. The largest absolute Gasteiger partial charge is 0.435 e. The lowest BCUT2D eigenvalue weighted by atomic mass is 10.2. The van der Waals surface area contributed by atoms with Gasteiger partial charge in [0.1, 0.15) is 0 Å². The summed E-state index contributed by atoms with van der Waals surface area (Å²) in [6.07, 6.45) is 0. The van der Waals surface area contributed by atoms with Crippen LogP contribution in [0, 0.1) is 0 Å². The molecule has 2 heterocycles. The first-order valence-corrected chi connectivity index (χ1v) is 10.8. The van der Waals surface area contributed by atoms with Crippen LogP contribution in [0.25, 0.3) is 22.8 Å². The van der Waals surface area contributed by atoms with Crippen LogP contribution in [0.1, 0.15) is 6.92 Å². The highest BCUT2D eigenvalue weighted by Gasteiger charge is 2.35. The van der Waals surface area contributed by atoms with Gasteiger partial charge in [0, 0.05) is 44.2 Å². The van der Waals surface area contributed by atoms with Crippen LogP contribution in [-0.4, -0.2) is 54.7 Å². The molecule has 1 aliphatic heterocycles. The van der Waals surface area contributed by atoms with Gasteiger partial charge in [0.25, 0.3) is 10.0 Å². The van der Waals surface area contributed by atoms with Crippen molar-refractivity contribution in [1.82, 2.24) is 14.2 Å². The molecule has 7 nitrogen and oxygen atoms in total. The lowest BCUT2D eigenvalue weighted by Gasteiger charge is -2.32. The van der Waals surface area contributed by atoms with E-state index in [1.807, 2.05) is 48.5 Å². The number of aromatic nitrogens is 1. The second-order valence-corrected chi connectivity index (χ2v) is 8.65. The number of nitrogens with zero attached hydrogens (tertiary/aromatic N) is 3. The zero-order valence-corrected chi connectivity index (χ0v) is 16.8. The van der Waals surface area contributed by atoms with Crippen molar-refractivity contribution in [3.8, 4) is 22.8 Å². The monoisotopic (exact) mass is 411 g/mol. The van der Waals surface area contributed by atoms with Crippen molar-refractivity contribution >= 4 is 15.9 Å². The molecule has 0 bridgehead atoms. The van der Waals surface area contributed by atoms with E-state index in [0.29, 0.717) is 24.2 Å². The van der Waals surface area contributed by atoms with E-state index in [-0.39, 0.29) is 35.7 Å². The summed E-state index contributed by atoms with van der Waals surface area (Å²) in [6, 6.07) is 18.3. The molecule has 0 radical (unpaired) electrons. The fourth-order valence-electron chi connectivity index (χ4n) is 3.32. The van der Waals surface area contributed by atoms with Crippen LogP contribution in [0.4, 0.5) is 0 Å². The molecule has 3 aromatic rings. The lowest BCUT2D eigenvalue weighted by molar-refractivity contribution is -0.129. The zero-order valence-electron chi connectivity index (χ0n) is 16.0. The third kappa shape index (κ3) is 3.81. The van der Waals surface area contributed by atoms with Gasteiger partial charge in [-0.05, 0) is 12.1 Å². The Morgan fingerprint density at radius 1 is 0.897 bits per heavy atom. The van der Waals surface area contributed by atoms with Crippen LogP contribution in [0.2, 0.25) is 0 Å². The van der Waals surface area contributed by atoms with E-state index in [0.717, 1.165) is 0 Å². The van der Waals surface area contributed by atoms with Gasteiger partial charge in [-0.15, -0.1) is 0 Å². The molecule has 8 heteroatoms. The van der Waals surface area contributed by atoms with Crippen molar-refractivity contribution < 1.29 is 17.6 Å². The molecule has 0 N–H and O–H groups in total. The molecule has 4 rings (SSSR count). The Morgan fingerprint density at radius 2 is 1.45 bits per heavy atom. The van der Waals surface area contributed by atoms with Crippen molar-refractivity contribution in [3.05, 3.63) is 60.7 Å². The Kier molecular flexibility index (Phi) is 5.21. The molecule has 1 fully saturated rings. The Hall–Kier alpha value is -2.97. The Bertz CT molecular complexity index is 1100. The van der Waals surface area contributed by atoms with Crippen LogP contribution < -0.4 is 0 Å². The van der Waals surface area contributed by atoms with Crippen molar-refractivity contribution in [3.63, 3.8) is 0 Å². The molecule has 0 spiro atoms. The summed E-state index contributed by atoms with van der Waals surface area (Å²) in [5.41, 5.74) is 1.34. The van der Waals surface area contributed by atoms with Crippen molar-refractivity contribution in [2.24, 2.45) is 0 Å². The van der Waals surface area contributed by atoms with Gasteiger partial charge in [-0.1, -0.05) is 48.5 Å². The number of benzene rings is 2. The van der Waals surface area contributed by atoms with Crippen LogP contribution in [0.5, 0.6) is 0 Å². The van der Waals surface area contributed by atoms with Gasteiger partial charge in [-0.2, -0.15) is 9.29 Å². The van der Waals surface area contributed by atoms with Crippen molar-refractivity contribution in [2.75, 3.05) is 26.2 Å². The molecular weight excluding hydrogens is 390 g/mol. The third-order valence-electron chi connectivity index (χ3n) is 4.92. The van der Waals surface area contributed by atoms with Gasteiger partial charge in [-0.25, -0.2) is 8.42 Å². The summed E-state index contributed by atoms with van der Waals surface area (Å²) in [7, 11) is -3.89. The number of carbonyl (C=O) groups is 1. The van der Waals surface area contributed by atoms with Crippen LogP contribution in [0.15, 0.2) is 70.1 Å². The highest BCUT2D eigenvalue weighted by molar-refractivity contribution is 7.89. The molecule has 0 aliphatic carbocycles. The molecule has 0 saturated carbocycles. The van der Waals surface area contributed by atoms with Gasteiger partial charge < -0.3 is 9.32 Å². The summed E-state index contributed by atoms with van der Waals surface area (Å²) in [4.78, 5) is 17.6. The number of carbonyl (C=O) groups excluding carboxylic acids is 1. The quantitative estimate of drug-likeness (QED) is 0.659. The number of sulfonamides is 1. The molecular formula is C21H21N3O4S. The molecule has 150 valence electrons. The first-order valence-electron chi connectivity index (χ1n) is 9.34. The molecule has 1 saturated heterocycles. The minimum Gasteiger partial charge on any atom is -0.435 e. The minimum absolute atomic E-state index is 0.0557. The van der Waals surface area contributed by atoms with Crippen LogP contribution >= 0.6 is 0 Å². The van der Waals surface area contributed by atoms with Crippen molar-refractivity contribution in [1.29, 1.82) is 0 Å². The van der Waals surface area contributed by atoms with Gasteiger partial charge in [0.05, 0.1) is 0 Å². The lowest BCUT2D eigenvalue weighted by Crippen LogP contribution is -2.50. The number of rotatable bonds is 4. The van der Waals surface area contributed by atoms with Crippen molar-refractivity contribution in [2.45, 2.75) is 11.9 Å². The standard InChI is InChI=1S/C21H21N3O4S/c1-16(25)23-12-14-24(15-13-23)29(26,27)21-19(17-8-4-2-5-9-17)28-20(22-21)18-10-6-3-7-11-18/h2-11H,12-15H2,1H3. The zero-order chi connectivity index (χ0) is 20.4. The minimum atomic E-state index is -3.89. The molecule has 29 heavy (non-hydrogen) atoms. The van der Waals surface area contributed by atoms with E-state index < -0.39 is 10.0 Å². The normalized spacial score (nSPS) is 15.4. The van der Waals surface area contributed by atoms with E-state index in [9.17, 15) is 13.2 Å². The number of hydrogen-bond acceptors (Lipinski definition) is 5. The van der Waals surface area contributed by atoms with E-state index in [1.165, 1.54) is 11.2 Å². The smallest absolute Gasteiger partial charge is 0.264 e. The Balaban J connectivity index is 1.76. The first-order chi connectivity index (χ1) is 14.0. The summed E-state index contributed by atoms with van der Waals surface area (Å²) >= 11 is 0. The maximum atomic E-state index is 13.4. The number of hydrogen-bond donors (Lipinski definition) is 0. The fourth-order valence-corrected chi connectivity index (χ4v) is 4.80. The van der Waals surface area contributed by atoms with Gasteiger partial charge in [-0.3, -0.25) is 4.79 Å². The second kappa shape index (κ2) is 7.81. The number of oxazole rings is 1. The van der Waals surface area contributed by atoms with Crippen LogP contribution in [0.3, 0.4) is 0 Å². The average molecular weight is 411 g/mol. The first kappa shape index (κ1) is 19.4. The fraction of sp³-hybridized carbons (Fsp3) is 0.238. The maximum Gasteiger partial charge on any atom is 0.264 e. The predicted molar refractivity (Wildman–Crippen MR) is 108 cm³/mol. The SMILES string of the molecule is CC(=O)N1CCN(S(=O)(=O)c2nc(-c3ccccc3)oc2-c2ccccc2)CC1. The molecule has 1 aliphatic rings. The molecule has 1 aromatic heterocycles. The van der Waals surface area contributed by atoms with Gasteiger partial charge in [0.2, 0.25) is 16.8 Å². The topological polar surface area (TPSA) is 83.7 Å². The Labute approximate surface area is 169 Å². The summed E-state index contributed by atoms with van der Waals surface area (Å²) in [5.74, 6) is 0.420. The second-order valence-electron chi connectivity index (χ2n) is 6.80. The number of amides is 1. The Morgan fingerprint density at radius 3 is 2.00 bits per heavy atom. The van der Waals surface area contributed by atoms with E-state index >= 15 is 0 Å². The number of piperazine rings is 1. The summed E-state index contributed by atoms with van der Waals surface area (Å²) in [6.45, 7) is 2.66. The van der Waals surface area contributed by atoms with E-state index in [1.54, 1.807) is 17.0 Å². The average Bonchev–Trinajstić information content (AvgIpc) is 3.21. The predicted octanol–water partition coefficient (Wildman–Crippen LogP) is 2.86. The summed E-state index contributed by atoms with van der Waals surface area (Å²) < 4.78 is 34.1. The highest BCUT2D eigenvalue weighted by Crippen LogP contribution is 2.34. The van der Waals surface area contributed by atoms with Crippen LogP contribution in [-0.2, 0) is 14.8 Å².